The minimum absolute atomic E-state index is 0.116. The first-order valence-corrected chi connectivity index (χ1v) is 11.4. The van der Waals surface area contributed by atoms with Crippen LogP contribution in [0.15, 0.2) is 115 Å². The number of halogens is 2. The Kier molecular flexibility index (Phi) is 5.32. The van der Waals surface area contributed by atoms with Gasteiger partial charge in [-0.05, 0) is 0 Å². The molecule has 0 N–H and O–H groups in total. The van der Waals surface area contributed by atoms with Crippen LogP contribution in [-0.4, -0.2) is 0 Å². The quantitative estimate of drug-likeness (QED) is 0.394. The van der Waals surface area contributed by atoms with E-state index in [0.717, 1.165) is 15.9 Å². The zero-order chi connectivity index (χ0) is 19.4. The van der Waals surface area contributed by atoms with Gasteiger partial charge in [-0.1, -0.05) is 0 Å². The van der Waals surface area contributed by atoms with Gasteiger partial charge in [0.1, 0.15) is 0 Å². The summed E-state index contributed by atoms with van der Waals surface area (Å²) in [6, 6.07) is 35.4. The fraction of sp³-hybridized carbons (Fsp3) is 0.0400. The molecule has 4 aromatic carbocycles. The summed E-state index contributed by atoms with van der Waals surface area (Å²) in [6.07, 6.45) is 0. The van der Waals surface area contributed by atoms with Crippen molar-refractivity contribution in [3.63, 3.8) is 0 Å². The Labute approximate surface area is 164 Å². The summed E-state index contributed by atoms with van der Waals surface area (Å²) < 4.78 is 31.3. The van der Waals surface area contributed by atoms with Crippen molar-refractivity contribution >= 4 is 23.2 Å². The van der Waals surface area contributed by atoms with E-state index in [-0.39, 0.29) is 5.56 Å². The van der Waals surface area contributed by atoms with E-state index in [4.69, 9.17) is 0 Å². The first-order chi connectivity index (χ1) is 13.7. The van der Waals surface area contributed by atoms with E-state index in [0.29, 0.717) is 0 Å². The summed E-state index contributed by atoms with van der Waals surface area (Å²) in [5.74, 6) is -1.98. The number of alkyl halides is 1. The van der Waals surface area contributed by atoms with Crippen molar-refractivity contribution in [2.75, 3.05) is 0 Å². The molecule has 0 radical (unpaired) electrons. The molecule has 0 bridgehead atoms. The van der Waals surface area contributed by atoms with Gasteiger partial charge in [0, 0.05) is 0 Å². The minimum atomic E-state index is -3.21. The SMILES string of the molecule is Fc1ccccc1C(F)[PH](c1ccccc1)(c1ccccc1)c1ccccc1. The van der Waals surface area contributed by atoms with E-state index >= 15 is 4.39 Å². The Morgan fingerprint density at radius 1 is 0.500 bits per heavy atom. The van der Waals surface area contributed by atoms with E-state index in [1.165, 1.54) is 6.07 Å². The Bertz CT molecular complexity index is 937. The van der Waals surface area contributed by atoms with E-state index < -0.39 is 19.0 Å². The van der Waals surface area contributed by atoms with Crippen molar-refractivity contribution in [3.05, 3.63) is 127 Å². The van der Waals surface area contributed by atoms with Crippen molar-refractivity contribution in [1.82, 2.24) is 0 Å². The van der Waals surface area contributed by atoms with Crippen molar-refractivity contribution in [1.29, 1.82) is 0 Å². The van der Waals surface area contributed by atoms with Crippen molar-refractivity contribution in [3.8, 4) is 0 Å². The number of rotatable bonds is 5. The van der Waals surface area contributed by atoms with Gasteiger partial charge in [-0.25, -0.2) is 0 Å². The molecule has 0 spiro atoms. The van der Waals surface area contributed by atoms with Gasteiger partial charge in [0.05, 0.1) is 0 Å². The molecule has 0 aliphatic heterocycles. The van der Waals surface area contributed by atoms with Gasteiger partial charge < -0.3 is 0 Å². The van der Waals surface area contributed by atoms with Gasteiger partial charge in [0.2, 0.25) is 0 Å². The number of benzene rings is 4. The molecule has 0 aliphatic rings. The maximum atomic E-state index is 16.6. The zero-order valence-electron chi connectivity index (χ0n) is 15.3. The summed E-state index contributed by atoms with van der Waals surface area (Å²) in [7, 11) is -3.21. The van der Waals surface area contributed by atoms with Crippen LogP contribution in [-0.2, 0) is 0 Å². The molecular weight excluding hydrogens is 369 g/mol. The number of hydrogen-bond donors (Lipinski definition) is 0. The topological polar surface area (TPSA) is 0 Å². The Hall–Kier alpha value is -2.83. The van der Waals surface area contributed by atoms with Gasteiger partial charge in [-0.15, -0.1) is 0 Å². The fourth-order valence-electron chi connectivity index (χ4n) is 3.96. The molecule has 3 heteroatoms. The summed E-state index contributed by atoms with van der Waals surface area (Å²) in [5.41, 5.74) is 0.116. The monoisotopic (exact) mass is 390 g/mol. The van der Waals surface area contributed by atoms with Crippen molar-refractivity contribution < 1.29 is 8.78 Å². The summed E-state index contributed by atoms with van der Waals surface area (Å²) >= 11 is 0. The zero-order valence-corrected chi connectivity index (χ0v) is 16.3. The molecule has 0 amide bonds. The second-order valence-electron chi connectivity index (χ2n) is 6.79. The summed E-state index contributed by atoms with van der Waals surface area (Å²) in [5, 5.41) is 2.76. The van der Waals surface area contributed by atoms with Crippen LogP contribution in [0.3, 0.4) is 0 Å². The average molecular weight is 390 g/mol. The van der Waals surface area contributed by atoms with Gasteiger partial charge in [0.25, 0.3) is 0 Å². The molecule has 0 saturated heterocycles. The van der Waals surface area contributed by atoms with Crippen molar-refractivity contribution in [2.24, 2.45) is 0 Å². The third kappa shape index (κ3) is 3.15. The Morgan fingerprint density at radius 3 is 1.25 bits per heavy atom. The second-order valence-corrected chi connectivity index (χ2v) is 10.6. The van der Waals surface area contributed by atoms with Crippen LogP contribution in [0.4, 0.5) is 8.78 Å². The van der Waals surface area contributed by atoms with E-state index in [2.05, 4.69) is 0 Å². The molecule has 140 valence electrons. The molecular formula is C25H21F2P. The average Bonchev–Trinajstić information content (AvgIpc) is 2.77. The molecule has 28 heavy (non-hydrogen) atoms. The Balaban J connectivity index is 2.09. The predicted octanol–water partition coefficient (Wildman–Crippen LogP) is 5.52. The van der Waals surface area contributed by atoms with Gasteiger partial charge in [-0.2, -0.15) is 0 Å². The third-order valence-electron chi connectivity index (χ3n) is 5.25. The van der Waals surface area contributed by atoms with Gasteiger partial charge in [-0.3, -0.25) is 0 Å². The van der Waals surface area contributed by atoms with Crippen LogP contribution in [0.25, 0.3) is 0 Å². The molecule has 0 heterocycles. The predicted molar refractivity (Wildman–Crippen MR) is 117 cm³/mol. The molecule has 0 aromatic heterocycles. The first kappa shape index (κ1) is 18.5. The third-order valence-corrected chi connectivity index (χ3v) is 10.0. The van der Waals surface area contributed by atoms with Crippen LogP contribution < -0.4 is 15.9 Å². The van der Waals surface area contributed by atoms with Crippen LogP contribution in [0.2, 0.25) is 0 Å². The molecule has 4 rings (SSSR count). The summed E-state index contributed by atoms with van der Waals surface area (Å²) in [6.45, 7) is 0. The van der Waals surface area contributed by atoms with Crippen LogP contribution in [0, 0.1) is 5.82 Å². The van der Waals surface area contributed by atoms with Crippen molar-refractivity contribution in [2.45, 2.75) is 5.91 Å². The Morgan fingerprint density at radius 2 is 0.857 bits per heavy atom. The van der Waals surface area contributed by atoms with Crippen LogP contribution in [0.5, 0.6) is 0 Å². The van der Waals surface area contributed by atoms with E-state index in [1.807, 2.05) is 91.0 Å². The van der Waals surface area contributed by atoms with Gasteiger partial charge >= 0.3 is 165 Å². The van der Waals surface area contributed by atoms with Gasteiger partial charge in [0.15, 0.2) is 0 Å². The fourth-order valence-corrected chi connectivity index (χ4v) is 8.69. The molecule has 0 aliphatic carbocycles. The first-order valence-electron chi connectivity index (χ1n) is 9.29. The maximum absolute atomic E-state index is 16.6. The second kappa shape index (κ2) is 8.04. The molecule has 4 aromatic rings. The molecule has 0 saturated carbocycles. The van der Waals surface area contributed by atoms with E-state index in [9.17, 15) is 4.39 Å². The molecule has 0 fully saturated rings. The standard InChI is InChI=1S/C25H21F2P/c26-24-19-11-10-18-23(24)25(27)28(20-12-4-1-5-13-20,21-14-6-2-7-15-21)22-16-8-3-9-17-22/h1-19,25,28H. The number of hydrogen-bond acceptors (Lipinski definition) is 0. The normalized spacial score (nSPS) is 13.1. The van der Waals surface area contributed by atoms with Crippen LogP contribution >= 0.6 is 7.26 Å². The van der Waals surface area contributed by atoms with E-state index in [1.54, 1.807) is 18.2 Å². The molecule has 1 atom stereocenters. The van der Waals surface area contributed by atoms with Crippen LogP contribution in [0.1, 0.15) is 11.5 Å². The summed E-state index contributed by atoms with van der Waals surface area (Å²) in [4.78, 5) is 0. The molecule has 0 nitrogen and oxygen atoms in total. The molecule has 1 unspecified atom stereocenters.